The number of allylic oxidation sites excluding steroid dienone is 1. The molecule has 1 heterocycles. The molecule has 1 aromatic carbocycles. The van der Waals surface area contributed by atoms with Crippen molar-refractivity contribution in [2.24, 2.45) is 0 Å². The zero-order valence-corrected chi connectivity index (χ0v) is 11.3. The van der Waals surface area contributed by atoms with Gasteiger partial charge in [0.25, 0.3) is 5.78 Å². The Balaban J connectivity index is 2.02. The fraction of sp³-hybridized carbons (Fsp3) is 0.267. The Bertz CT molecular complexity index is 723. The quantitative estimate of drug-likeness (QED) is 0.583. The minimum absolute atomic E-state index is 0.0105. The van der Waals surface area contributed by atoms with Gasteiger partial charge in [-0.2, -0.15) is 0 Å². The number of Topliss-reactive ketones (excluding diaryl/α,β-unsaturated/α-hetero) is 3. The third kappa shape index (κ3) is 2.25. The van der Waals surface area contributed by atoms with Crippen LogP contribution in [0.3, 0.4) is 0 Å². The number of hydrogen-bond acceptors (Lipinski definition) is 7. The Kier molecular flexibility index (Phi) is 3.22. The summed E-state index contributed by atoms with van der Waals surface area (Å²) < 4.78 is 5.47. The maximum atomic E-state index is 11.5. The highest BCUT2D eigenvalue weighted by atomic mass is 16.5. The molecule has 0 aromatic heterocycles. The van der Waals surface area contributed by atoms with E-state index in [-0.39, 0.29) is 47.8 Å². The second kappa shape index (κ2) is 4.96. The number of carbonyl (C=O) groups is 3. The Morgan fingerprint density at radius 2 is 1.68 bits per heavy atom. The highest BCUT2D eigenvalue weighted by molar-refractivity contribution is 6.65. The van der Waals surface area contributed by atoms with Crippen LogP contribution in [0.1, 0.15) is 18.4 Å². The van der Waals surface area contributed by atoms with Crippen LogP contribution in [0.15, 0.2) is 23.5 Å². The Hall–Kier alpha value is -2.67. The number of aliphatic hydroxyl groups excluding tert-OH is 1. The molecule has 1 atom stereocenters. The fourth-order valence-electron chi connectivity index (χ4n) is 2.63. The lowest BCUT2D eigenvalue weighted by atomic mass is 9.88. The summed E-state index contributed by atoms with van der Waals surface area (Å²) in [5.41, 5.74) is 0.565. The van der Waals surface area contributed by atoms with Crippen LogP contribution in [0.2, 0.25) is 0 Å². The normalized spacial score (nSPS) is 21.7. The van der Waals surface area contributed by atoms with Gasteiger partial charge in [-0.3, -0.25) is 14.4 Å². The van der Waals surface area contributed by atoms with E-state index in [4.69, 9.17) is 4.74 Å². The molecule has 3 N–H and O–H groups in total. The summed E-state index contributed by atoms with van der Waals surface area (Å²) in [7, 11) is 0. The average Bonchev–Trinajstić information content (AvgIpc) is 2.44. The number of fused-ring (bicyclic) bond motifs is 1. The van der Waals surface area contributed by atoms with E-state index in [0.717, 1.165) is 6.07 Å². The number of benzene rings is 1. The van der Waals surface area contributed by atoms with E-state index in [1.165, 1.54) is 6.07 Å². The lowest BCUT2D eigenvalue weighted by Crippen LogP contribution is -2.33. The van der Waals surface area contributed by atoms with E-state index in [9.17, 15) is 29.7 Å². The van der Waals surface area contributed by atoms with E-state index in [1.807, 2.05) is 0 Å². The third-order valence-electron chi connectivity index (χ3n) is 3.69. The van der Waals surface area contributed by atoms with Gasteiger partial charge in [-0.05, 0) is 5.57 Å². The van der Waals surface area contributed by atoms with Crippen LogP contribution in [0, 0.1) is 0 Å². The van der Waals surface area contributed by atoms with Gasteiger partial charge in [-0.15, -0.1) is 0 Å². The number of ether oxygens (including phenoxy) is 1. The largest absolute Gasteiger partial charge is 0.508 e. The number of rotatable bonds is 0. The lowest BCUT2D eigenvalue weighted by Gasteiger charge is -2.28. The topological polar surface area (TPSA) is 121 Å². The van der Waals surface area contributed by atoms with Gasteiger partial charge in [-0.25, -0.2) is 0 Å². The summed E-state index contributed by atoms with van der Waals surface area (Å²) in [5.74, 6) is -2.98. The van der Waals surface area contributed by atoms with Crippen molar-refractivity contribution in [2.75, 3.05) is 0 Å². The summed E-state index contributed by atoms with van der Waals surface area (Å²) in [4.78, 5) is 34.2. The van der Waals surface area contributed by atoms with Crippen molar-refractivity contribution in [3.63, 3.8) is 0 Å². The lowest BCUT2D eigenvalue weighted by molar-refractivity contribution is -0.144. The number of phenols is 2. The van der Waals surface area contributed by atoms with Gasteiger partial charge >= 0.3 is 0 Å². The molecule has 0 amide bonds. The average molecular weight is 304 g/mol. The summed E-state index contributed by atoms with van der Waals surface area (Å²) in [6.45, 7) is 0. The van der Waals surface area contributed by atoms with Crippen molar-refractivity contribution in [1.29, 1.82) is 0 Å². The minimum atomic E-state index is -1.15. The molecule has 1 aliphatic carbocycles. The molecular formula is C15H12O7. The van der Waals surface area contributed by atoms with Gasteiger partial charge in [0.2, 0.25) is 11.6 Å². The number of carbonyl (C=O) groups excluding carboxylic acids is 3. The monoisotopic (exact) mass is 304 g/mol. The summed E-state index contributed by atoms with van der Waals surface area (Å²) in [6, 6.07) is 2.39. The second-order valence-corrected chi connectivity index (χ2v) is 5.26. The molecule has 0 spiro atoms. The maximum Gasteiger partial charge on any atom is 0.264 e. The number of aromatic hydroxyl groups is 2. The van der Waals surface area contributed by atoms with E-state index in [2.05, 4.69) is 0 Å². The van der Waals surface area contributed by atoms with E-state index < -0.39 is 23.5 Å². The van der Waals surface area contributed by atoms with Crippen LogP contribution in [0.25, 0.3) is 0 Å². The second-order valence-electron chi connectivity index (χ2n) is 5.26. The molecule has 3 rings (SSSR count). The number of ketones is 3. The van der Waals surface area contributed by atoms with Gasteiger partial charge in [-0.1, -0.05) is 0 Å². The van der Waals surface area contributed by atoms with Gasteiger partial charge in [0.15, 0.2) is 0 Å². The zero-order chi connectivity index (χ0) is 16.0. The Morgan fingerprint density at radius 1 is 1.05 bits per heavy atom. The SMILES string of the molecule is O=C1CC(=C2Oc3cc(O)cc(O)c3C[C@H]2O)CC(=O)C1=O. The van der Waals surface area contributed by atoms with Crippen LogP contribution in [0.4, 0.5) is 0 Å². The van der Waals surface area contributed by atoms with Crippen LogP contribution in [-0.4, -0.2) is 38.8 Å². The fourth-order valence-corrected chi connectivity index (χ4v) is 2.63. The molecule has 22 heavy (non-hydrogen) atoms. The minimum Gasteiger partial charge on any atom is -0.508 e. The zero-order valence-electron chi connectivity index (χ0n) is 11.3. The van der Waals surface area contributed by atoms with Crippen molar-refractivity contribution in [1.82, 2.24) is 0 Å². The molecule has 0 saturated heterocycles. The molecule has 0 bridgehead atoms. The molecule has 7 heteroatoms. The molecule has 114 valence electrons. The predicted octanol–water partition coefficient (Wildman–Crippen LogP) is 0.149. The highest BCUT2D eigenvalue weighted by Gasteiger charge is 2.36. The molecule has 0 radical (unpaired) electrons. The van der Waals surface area contributed by atoms with Crippen molar-refractivity contribution in [3.8, 4) is 17.2 Å². The van der Waals surface area contributed by atoms with Crippen LogP contribution < -0.4 is 4.74 Å². The van der Waals surface area contributed by atoms with Crippen molar-refractivity contribution in [2.45, 2.75) is 25.4 Å². The number of phenolic OH excluding ortho intramolecular Hbond substituents is 2. The highest BCUT2D eigenvalue weighted by Crippen LogP contribution is 2.40. The summed E-state index contributed by atoms with van der Waals surface area (Å²) in [6.07, 6.45) is -1.70. The Labute approximate surface area is 124 Å². The van der Waals surface area contributed by atoms with Crippen molar-refractivity contribution < 1.29 is 34.4 Å². The first-order valence-corrected chi connectivity index (χ1v) is 6.60. The summed E-state index contributed by atoms with van der Waals surface area (Å²) in [5, 5.41) is 29.4. The molecule has 7 nitrogen and oxygen atoms in total. The number of hydrogen-bond donors (Lipinski definition) is 3. The predicted molar refractivity (Wildman–Crippen MR) is 71.4 cm³/mol. The van der Waals surface area contributed by atoms with Crippen molar-refractivity contribution in [3.05, 3.63) is 29.0 Å². The van der Waals surface area contributed by atoms with E-state index in [0.29, 0.717) is 5.56 Å². The van der Waals surface area contributed by atoms with Crippen LogP contribution >= 0.6 is 0 Å². The third-order valence-corrected chi connectivity index (χ3v) is 3.69. The number of aliphatic hydroxyl groups is 1. The Morgan fingerprint density at radius 3 is 2.32 bits per heavy atom. The molecule has 2 aliphatic rings. The van der Waals surface area contributed by atoms with Gasteiger partial charge in [0.1, 0.15) is 29.1 Å². The van der Waals surface area contributed by atoms with Crippen LogP contribution in [-0.2, 0) is 20.8 Å². The molecule has 1 saturated carbocycles. The summed E-state index contributed by atoms with van der Waals surface area (Å²) >= 11 is 0. The molecule has 1 aliphatic heterocycles. The molecule has 1 aromatic rings. The smallest absolute Gasteiger partial charge is 0.264 e. The standard InChI is InChI=1S/C15H12O7/c16-7-3-9(17)8-5-12(20)15(22-13(8)4-7)6-1-10(18)14(21)11(19)2-6/h3-4,12,16-17,20H,1-2,5H2/t12-/m1/s1. The van der Waals surface area contributed by atoms with Gasteiger partial charge in [0.05, 0.1) is 0 Å². The molecule has 1 fully saturated rings. The van der Waals surface area contributed by atoms with Crippen LogP contribution in [0.5, 0.6) is 17.2 Å². The van der Waals surface area contributed by atoms with E-state index >= 15 is 0 Å². The molecular weight excluding hydrogens is 292 g/mol. The first-order valence-electron chi connectivity index (χ1n) is 6.60. The van der Waals surface area contributed by atoms with Gasteiger partial charge < -0.3 is 20.1 Å². The van der Waals surface area contributed by atoms with E-state index in [1.54, 1.807) is 0 Å². The maximum absolute atomic E-state index is 11.5. The van der Waals surface area contributed by atoms with Gasteiger partial charge in [0, 0.05) is 37.0 Å². The van der Waals surface area contributed by atoms with Crippen molar-refractivity contribution >= 4 is 17.3 Å². The first kappa shape index (κ1) is 14.3. The first-order chi connectivity index (χ1) is 10.4. The molecule has 0 unspecified atom stereocenters.